The fourth-order valence-corrected chi connectivity index (χ4v) is 4.05. The fourth-order valence-electron chi connectivity index (χ4n) is 4.05. The molecule has 1 aliphatic rings. The zero-order valence-corrected chi connectivity index (χ0v) is 20.6. The number of hydrogen-bond donors (Lipinski definition) is 2. The molecular formula is C26H32N4O4. The van der Waals surface area contributed by atoms with Crippen LogP contribution < -0.4 is 20.8 Å². The van der Waals surface area contributed by atoms with Crippen molar-refractivity contribution in [3.8, 4) is 5.75 Å². The largest absolute Gasteiger partial charge is 0.481 e. The molecule has 2 N–H and O–H groups in total. The van der Waals surface area contributed by atoms with E-state index in [0.29, 0.717) is 51.2 Å². The van der Waals surface area contributed by atoms with Crippen LogP contribution in [0.1, 0.15) is 19.4 Å². The van der Waals surface area contributed by atoms with Gasteiger partial charge in [-0.15, -0.1) is 0 Å². The van der Waals surface area contributed by atoms with Gasteiger partial charge in [0.25, 0.3) is 0 Å². The number of carbonyl (C=O) groups is 1. The number of fused-ring (bicyclic) bond motifs is 3. The Bertz CT molecular complexity index is 1340. The standard InChI is InChI=1S/C26H32N4O4/c1-26(2)12-11-17-21(27-13-14-29(3)4)20-23(32)16-9-7-8-10-18(16)33-25(20)22(24(17)34-26)28-19(31)15-30(5)6/h7-12,27H,13-15H2,1-6H3,(H,28,31). The van der Waals surface area contributed by atoms with Gasteiger partial charge in [0.2, 0.25) is 11.3 Å². The molecule has 4 rings (SSSR count). The number of benzene rings is 2. The van der Waals surface area contributed by atoms with Crippen molar-refractivity contribution in [1.82, 2.24) is 9.80 Å². The number of anilines is 2. The van der Waals surface area contributed by atoms with Crippen LogP contribution in [0.2, 0.25) is 0 Å². The smallest absolute Gasteiger partial charge is 0.238 e. The molecule has 0 aliphatic carbocycles. The van der Waals surface area contributed by atoms with Gasteiger partial charge >= 0.3 is 0 Å². The third kappa shape index (κ3) is 4.64. The highest BCUT2D eigenvalue weighted by Gasteiger charge is 2.31. The minimum atomic E-state index is -0.597. The van der Waals surface area contributed by atoms with E-state index in [0.717, 1.165) is 6.54 Å². The lowest BCUT2D eigenvalue weighted by atomic mass is 9.96. The maximum Gasteiger partial charge on any atom is 0.238 e. The van der Waals surface area contributed by atoms with Gasteiger partial charge in [0, 0.05) is 18.7 Å². The van der Waals surface area contributed by atoms with Crippen molar-refractivity contribution in [2.75, 3.05) is 58.5 Å². The van der Waals surface area contributed by atoms with Crippen LogP contribution in [0.4, 0.5) is 11.4 Å². The Morgan fingerprint density at radius 1 is 1.06 bits per heavy atom. The monoisotopic (exact) mass is 464 g/mol. The summed E-state index contributed by atoms with van der Waals surface area (Å²) in [5.74, 6) is 0.256. The highest BCUT2D eigenvalue weighted by molar-refractivity contribution is 6.12. The zero-order valence-electron chi connectivity index (χ0n) is 20.6. The van der Waals surface area contributed by atoms with Gasteiger partial charge in [-0.3, -0.25) is 9.59 Å². The number of ether oxygens (including phenoxy) is 1. The van der Waals surface area contributed by atoms with Gasteiger partial charge in [-0.25, -0.2) is 0 Å². The van der Waals surface area contributed by atoms with Crippen molar-refractivity contribution in [2.24, 2.45) is 0 Å². The molecule has 0 radical (unpaired) electrons. The Labute approximate surface area is 199 Å². The van der Waals surface area contributed by atoms with E-state index in [1.807, 2.05) is 66.3 Å². The third-order valence-electron chi connectivity index (χ3n) is 5.62. The number of para-hydroxylation sites is 1. The summed E-state index contributed by atoms with van der Waals surface area (Å²) in [6.45, 7) is 5.45. The molecule has 180 valence electrons. The van der Waals surface area contributed by atoms with Gasteiger partial charge < -0.3 is 29.6 Å². The Balaban J connectivity index is 2.05. The van der Waals surface area contributed by atoms with Gasteiger partial charge in [0.05, 0.1) is 23.0 Å². The molecule has 1 aliphatic heterocycles. The van der Waals surface area contributed by atoms with Crippen molar-refractivity contribution in [3.63, 3.8) is 0 Å². The van der Waals surface area contributed by atoms with Crippen LogP contribution in [-0.4, -0.2) is 69.1 Å². The number of amides is 1. The molecule has 0 unspecified atom stereocenters. The number of nitrogens with zero attached hydrogens (tertiary/aromatic N) is 2. The molecule has 3 aromatic rings. The molecule has 1 amide bonds. The van der Waals surface area contributed by atoms with Crippen molar-refractivity contribution in [3.05, 3.63) is 46.1 Å². The topological polar surface area (TPSA) is 87.0 Å². The van der Waals surface area contributed by atoms with Crippen molar-refractivity contribution in [2.45, 2.75) is 19.4 Å². The van der Waals surface area contributed by atoms with E-state index >= 15 is 0 Å². The molecule has 2 aromatic carbocycles. The molecule has 8 nitrogen and oxygen atoms in total. The molecule has 34 heavy (non-hydrogen) atoms. The van der Waals surface area contributed by atoms with Crippen LogP contribution in [-0.2, 0) is 4.79 Å². The van der Waals surface area contributed by atoms with Crippen molar-refractivity contribution in [1.29, 1.82) is 0 Å². The average molecular weight is 465 g/mol. The van der Waals surface area contributed by atoms with Gasteiger partial charge in [-0.2, -0.15) is 0 Å². The van der Waals surface area contributed by atoms with Gasteiger partial charge in [-0.1, -0.05) is 12.1 Å². The van der Waals surface area contributed by atoms with E-state index in [9.17, 15) is 9.59 Å². The van der Waals surface area contributed by atoms with Crippen LogP contribution >= 0.6 is 0 Å². The molecule has 0 saturated carbocycles. The minimum absolute atomic E-state index is 0.159. The Hall–Kier alpha value is -3.36. The van der Waals surface area contributed by atoms with E-state index in [1.165, 1.54) is 0 Å². The van der Waals surface area contributed by atoms with Crippen LogP contribution in [0, 0.1) is 0 Å². The van der Waals surface area contributed by atoms with Gasteiger partial charge in [0.1, 0.15) is 16.9 Å². The SMILES string of the molecule is CN(C)CCNc1c2c(c(NC(=O)CN(C)C)c3oc4ccccc4c(=O)c13)OC(C)(C)C=C2. The van der Waals surface area contributed by atoms with E-state index < -0.39 is 5.60 Å². The highest BCUT2D eigenvalue weighted by atomic mass is 16.5. The second-order valence-corrected chi connectivity index (χ2v) is 9.68. The number of likely N-dealkylation sites (N-methyl/N-ethyl adjacent to an activating group) is 2. The summed E-state index contributed by atoms with van der Waals surface area (Å²) in [6, 6.07) is 7.14. The summed E-state index contributed by atoms with van der Waals surface area (Å²) >= 11 is 0. The first-order valence-corrected chi connectivity index (χ1v) is 11.3. The summed E-state index contributed by atoms with van der Waals surface area (Å²) in [4.78, 5) is 30.4. The molecule has 2 heterocycles. The number of hydrogen-bond acceptors (Lipinski definition) is 7. The molecule has 1 aromatic heterocycles. The van der Waals surface area contributed by atoms with Gasteiger partial charge in [-0.05, 0) is 66.3 Å². The molecule has 0 saturated heterocycles. The number of carbonyl (C=O) groups excluding carboxylic acids is 1. The van der Waals surface area contributed by atoms with Crippen LogP contribution in [0.5, 0.6) is 5.75 Å². The Morgan fingerprint density at radius 3 is 2.50 bits per heavy atom. The maximum atomic E-state index is 13.7. The third-order valence-corrected chi connectivity index (χ3v) is 5.62. The first kappa shape index (κ1) is 23.8. The fraction of sp³-hybridized carbons (Fsp3) is 0.385. The van der Waals surface area contributed by atoms with Crippen molar-refractivity contribution >= 4 is 45.3 Å². The zero-order chi connectivity index (χ0) is 24.6. The summed E-state index contributed by atoms with van der Waals surface area (Å²) < 4.78 is 12.6. The van der Waals surface area contributed by atoms with Crippen LogP contribution in [0.25, 0.3) is 28.0 Å². The molecule has 0 atom stereocenters. The Kier molecular flexibility index (Phi) is 6.38. The molecular weight excluding hydrogens is 432 g/mol. The Morgan fingerprint density at radius 2 is 1.79 bits per heavy atom. The second kappa shape index (κ2) is 9.12. The quantitative estimate of drug-likeness (QED) is 0.408. The number of rotatable bonds is 7. The predicted octanol–water partition coefficient (Wildman–Crippen LogP) is 3.60. The summed E-state index contributed by atoms with van der Waals surface area (Å²) in [7, 11) is 7.62. The lowest BCUT2D eigenvalue weighted by Gasteiger charge is -2.31. The van der Waals surface area contributed by atoms with E-state index in [4.69, 9.17) is 9.15 Å². The van der Waals surface area contributed by atoms with Gasteiger partial charge in [0.15, 0.2) is 11.3 Å². The predicted molar refractivity (Wildman–Crippen MR) is 138 cm³/mol. The summed E-state index contributed by atoms with van der Waals surface area (Å²) in [5, 5.41) is 7.28. The first-order valence-electron chi connectivity index (χ1n) is 11.3. The minimum Gasteiger partial charge on any atom is -0.481 e. The molecule has 0 spiro atoms. The first-order chi connectivity index (χ1) is 16.1. The van der Waals surface area contributed by atoms with Crippen LogP contribution in [0.3, 0.4) is 0 Å². The molecule has 8 heteroatoms. The average Bonchev–Trinajstić information content (AvgIpc) is 2.74. The maximum absolute atomic E-state index is 13.7. The summed E-state index contributed by atoms with van der Waals surface area (Å²) in [5.41, 5.74) is 1.72. The molecule has 0 bridgehead atoms. The number of nitrogens with one attached hydrogen (secondary N) is 2. The normalized spacial score (nSPS) is 14.5. The molecule has 0 fully saturated rings. The highest BCUT2D eigenvalue weighted by Crippen LogP contribution is 2.47. The van der Waals surface area contributed by atoms with Crippen LogP contribution in [0.15, 0.2) is 39.6 Å². The van der Waals surface area contributed by atoms with E-state index in [2.05, 4.69) is 15.5 Å². The lowest BCUT2D eigenvalue weighted by Crippen LogP contribution is -2.31. The van der Waals surface area contributed by atoms with E-state index in [-0.39, 0.29) is 17.9 Å². The van der Waals surface area contributed by atoms with Crippen molar-refractivity contribution < 1.29 is 13.9 Å². The lowest BCUT2D eigenvalue weighted by molar-refractivity contribution is -0.116. The van der Waals surface area contributed by atoms with E-state index in [1.54, 1.807) is 17.0 Å². The summed E-state index contributed by atoms with van der Waals surface area (Å²) in [6.07, 6.45) is 3.90. The second-order valence-electron chi connectivity index (χ2n) is 9.68.